The van der Waals surface area contributed by atoms with Crippen LogP contribution in [0.5, 0.6) is 0 Å². The molecule has 29 heavy (non-hydrogen) atoms. The Bertz CT molecular complexity index is 1280. The highest BCUT2D eigenvalue weighted by atomic mass is 19.2. The van der Waals surface area contributed by atoms with Crippen molar-refractivity contribution in [3.8, 4) is 0 Å². The van der Waals surface area contributed by atoms with E-state index in [9.17, 15) is 18.0 Å². The summed E-state index contributed by atoms with van der Waals surface area (Å²) < 4.78 is 42.1. The van der Waals surface area contributed by atoms with Gasteiger partial charge < -0.3 is 0 Å². The van der Waals surface area contributed by atoms with E-state index in [1.54, 1.807) is 36.1 Å². The molecule has 0 atom stereocenters. The average molecular weight is 399 g/mol. The minimum Gasteiger partial charge on any atom is -0.272 e. The molecule has 148 valence electrons. The van der Waals surface area contributed by atoms with Crippen molar-refractivity contribution < 1.29 is 18.0 Å². The highest BCUT2D eigenvalue weighted by Crippen LogP contribution is 2.26. The molecule has 0 bridgehead atoms. The Morgan fingerprint density at radius 3 is 2.59 bits per heavy atom. The molecule has 2 aromatic carbocycles. The molecule has 0 saturated carbocycles. The Morgan fingerprint density at radius 1 is 1.10 bits per heavy atom. The van der Waals surface area contributed by atoms with Crippen LogP contribution >= 0.6 is 0 Å². The van der Waals surface area contributed by atoms with Gasteiger partial charge in [0.1, 0.15) is 5.82 Å². The van der Waals surface area contributed by atoms with Crippen molar-refractivity contribution in [1.82, 2.24) is 19.8 Å². The molecule has 0 fully saturated rings. The van der Waals surface area contributed by atoms with E-state index in [0.717, 1.165) is 21.6 Å². The normalized spacial score (nSPS) is 11.4. The van der Waals surface area contributed by atoms with Crippen LogP contribution in [0.2, 0.25) is 0 Å². The van der Waals surface area contributed by atoms with Crippen LogP contribution in [0.15, 0.2) is 36.5 Å². The van der Waals surface area contributed by atoms with Crippen molar-refractivity contribution in [2.75, 3.05) is 0 Å². The first kappa shape index (κ1) is 18.9. The van der Waals surface area contributed by atoms with E-state index in [2.05, 4.69) is 10.1 Å². The Morgan fingerprint density at radius 2 is 1.83 bits per heavy atom. The number of carbonyl (C=O) groups is 1. The largest absolute Gasteiger partial charge is 0.272 e. The number of aromatic nitrogens is 3. The third-order valence-electron chi connectivity index (χ3n) is 4.79. The number of rotatable bonds is 3. The third kappa shape index (κ3) is 3.19. The molecular weight excluding hydrogens is 383 g/mol. The number of hydrogen-bond donors (Lipinski definition) is 1. The summed E-state index contributed by atoms with van der Waals surface area (Å²) >= 11 is 0. The molecule has 0 aliphatic carbocycles. The molecule has 0 unspecified atom stereocenters. The Balaban J connectivity index is 1.71. The molecule has 0 radical (unpaired) electrons. The second-order valence-electron chi connectivity index (χ2n) is 6.75. The summed E-state index contributed by atoms with van der Waals surface area (Å²) in [6, 6.07) is 5.97. The van der Waals surface area contributed by atoms with Crippen molar-refractivity contribution in [1.29, 1.82) is 0 Å². The fourth-order valence-electron chi connectivity index (χ4n) is 3.36. The topological polar surface area (TPSA) is 77.0 Å². The van der Waals surface area contributed by atoms with Gasteiger partial charge in [-0.1, -0.05) is 0 Å². The maximum absolute atomic E-state index is 13.9. The summed E-state index contributed by atoms with van der Waals surface area (Å²) in [5, 5.41) is 6.70. The number of aryl methyl sites for hydroxylation is 2. The van der Waals surface area contributed by atoms with Gasteiger partial charge in [0.25, 0.3) is 5.91 Å². The third-order valence-corrected chi connectivity index (χ3v) is 4.79. The lowest BCUT2D eigenvalue weighted by molar-refractivity contribution is 0.0741. The van der Waals surface area contributed by atoms with E-state index in [1.807, 2.05) is 6.92 Å². The first-order chi connectivity index (χ1) is 13.8. The Hall–Kier alpha value is -3.46. The molecule has 2 heterocycles. The molecule has 4 rings (SSSR count). The van der Waals surface area contributed by atoms with Crippen LogP contribution in [-0.4, -0.2) is 25.7 Å². The molecule has 9 heteroatoms. The van der Waals surface area contributed by atoms with Crippen LogP contribution in [0.4, 0.5) is 13.2 Å². The zero-order chi connectivity index (χ0) is 20.9. The summed E-state index contributed by atoms with van der Waals surface area (Å²) in [6.07, 6.45) is 1.72. The number of halogens is 3. The first-order valence-electron chi connectivity index (χ1n) is 8.68. The van der Waals surface area contributed by atoms with Crippen molar-refractivity contribution >= 4 is 27.7 Å². The molecule has 1 amide bonds. The molecule has 0 aliphatic rings. The number of nitrogens with two attached hydrogens (primary N) is 1. The van der Waals surface area contributed by atoms with Crippen LogP contribution < -0.4 is 5.84 Å². The molecular formula is C20H16F3N5O. The molecule has 6 nitrogen and oxygen atoms in total. The van der Waals surface area contributed by atoms with E-state index in [4.69, 9.17) is 5.84 Å². The maximum Gasteiger partial charge on any atom is 0.268 e. The van der Waals surface area contributed by atoms with Crippen molar-refractivity contribution in [2.45, 2.75) is 13.5 Å². The SMILES string of the molecule is Cc1nn(C)c2c1cnc1ccc(C(=O)N(N)Cc3cc(F)c(F)cc3F)cc12. The van der Waals surface area contributed by atoms with E-state index in [0.29, 0.717) is 23.0 Å². The lowest BCUT2D eigenvalue weighted by Crippen LogP contribution is -2.37. The van der Waals surface area contributed by atoms with Crippen LogP contribution in [0.1, 0.15) is 21.6 Å². The monoisotopic (exact) mass is 399 g/mol. The van der Waals surface area contributed by atoms with Gasteiger partial charge in [0.2, 0.25) is 0 Å². The maximum atomic E-state index is 13.9. The predicted octanol–water partition coefficient (Wildman–Crippen LogP) is 3.36. The summed E-state index contributed by atoms with van der Waals surface area (Å²) in [5.41, 5.74) is 2.32. The van der Waals surface area contributed by atoms with Crippen LogP contribution in [0.25, 0.3) is 21.8 Å². The summed E-state index contributed by atoms with van der Waals surface area (Å²) in [5.74, 6) is 1.69. The molecule has 2 aromatic heterocycles. The second kappa shape index (κ2) is 6.85. The zero-order valence-electron chi connectivity index (χ0n) is 15.6. The number of benzene rings is 2. The van der Waals surface area contributed by atoms with E-state index in [-0.39, 0.29) is 11.1 Å². The first-order valence-corrected chi connectivity index (χ1v) is 8.68. The number of carbonyl (C=O) groups excluding carboxylic acids is 1. The average Bonchev–Trinajstić information content (AvgIpc) is 2.99. The van der Waals surface area contributed by atoms with Gasteiger partial charge in [0.15, 0.2) is 11.6 Å². The molecule has 0 saturated heterocycles. The van der Waals surface area contributed by atoms with Crippen molar-refractivity contribution in [2.24, 2.45) is 12.9 Å². The summed E-state index contributed by atoms with van der Waals surface area (Å²) in [7, 11) is 1.80. The lowest BCUT2D eigenvalue weighted by Gasteiger charge is -2.17. The highest BCUT2D eigenvalue weighted by Gasteiger charge is 2.18. The fraction of sp³-hybridized carbons (Fsp3) is 0.150. The number of pyridine rings is 1. The van der Waals surface area contributed by atoms with Gasteiger partial charge in [0.05, 0.1) is 23.3 Å². The number of amides is 1. The van der Waals surface area contributed by atoms with Gasteiger partial charge in [-0.3, -0.25) is 19.5 Å². The fourth-order valence-corrected chi connectivity index (χ4v) is 3.36. The highest BCUT2D eigenvalue weighted by molar-refractivity contribution is 6.07. The standard InChI is InChI=1S/C20H16F3N5O/c1-10-14-8-25-18-4-3-11(5-13(18)19(14)27(2)26-10)20(29)28(24)9-12-6-16(22)17(23)7-15(12)21/h3-8H,9,24H2,1-2H3. The molecule has 4 aromatic rings. The second-order valence-corrected chi connectivity index (χ2v) is 6.75. The Labute approximate surface area is 163 Å². The molecule has 2 N–H and O–H groups in total. The Kier molecular flexibility index (Phi) is 4.46. The number of nitrogens with zero attached hydrogens (tertiary/aromatic N) is 4. The lowest BCUT2D eigenvalue weighted by atomic mass is 10.1. The molecule has 0 aliphatic heterocycles. The zero-order valence-corrected chi connectivity index (χ0v) is 15.6. The summed E-state index contributed by atoms with van der Waals surface area (Å²) in [6.45, 7) is 1.44. The van der Waals surface area contributed by atoms with Gasteiger partial charge >= 0.3 is 0 Å². The smallest absolute Gasteiger partial charge is 0.268 e. The van der Waals surface area contributed by atoms with Crippen LogP contribution in [-0.2, 0) is 13.6 Å². The van der Waals surface area contributed by atoms with Crippen LogP contribution in [0.3, 0.4) is 0 Å². The summed E-state index contributed by atoms with van der Waals surface area (Å²) in [4.78, 5) is 17.1. The van der Waals surface area contributed by atoms with Gasteiger partial charge in [-0.2, -0.15) is 5.10 Å². The quantitative estimate of drug-likeness (QED) is 0.248. The van der Waals surface area contributed by atoms with Gasteiger partial charge in [-0.25, -0.2) is 19.0 Å². The number of hydrazine groups is 1. The van der Waals surface area contributed by atoms with Gasteiger partial charge in [-0.15, -0.1) is 0 Å². The van der Waals surface area contributed by atoms with Crippen LogP contribution in [0, 0.1) is 24.4 Å². The number of fused-ring (bicyclic) bond motifs is 3. The van der Waals surface area contributed by atoms with E-state index in [1.165, 1.54) is 0 Å². The molecule has 0 spiro atoms. The minimum atomic E-state index is -1.31. The van der Waals surface area contributed by atoms with Crippen molar-refractivity contribution in [3.63, 3.8) is 0 Å². The van der Waals surface area contributed by atoms with E-state index >= 15 is 0 Å². The van der Waals surface area contributed by atoms with Crippen molar-refractivity contribution in [3.05, 3.63) is 70.8 Å². The predicted molar refractivity (Wildman–Crippen MR) is 101 cm³/mol. The van der Waals surface area contributed by atoms with Gasteiger partial charge in [0, 0.05) is 41.2 Å². The number of hydrogen-bond acceptors (Lipinski definition) is 4. The van der Waals surface area contributed by atoms with E-state index < -0.39 is 29.9 Å². The van der Waals surface area contributed by atoms with Gasteiger partial charge in [-0.05, 0) is 31.2 Å². The minimum absolute atomic E-state index is 0.230.